The van der Waals surface area contributed by atoms with E-state index >= 15 is 0 Å². The molecule has 0 bridgehead atoms. The van der Waals surface area contributed by atoms with Crippen LogP contribution in [0.3, 0.4) is 0 Å². The molecule has 0 unspecified atom stereocenters. The molecule has 1 rings (SSSR count). The normalized spacial score (nSPS) is 18.9. The quantitative estimate of drug-likeness (QED) is 0.197. The molecule has 0 radical (unpaired) electrons. The predicted molar refractivity (Wildman–Crippen MR) is 59.2 cm³/mol. The number of carbonyl (C=O) groups is 1. The van der Waals surface area contributed by atoms with Gasteiger partial charge in [-0.1, -0.05) is 11.6 Å². The van der Waals surface area contributed by atoms with Gasteiger partial charge < -0.3 is 21.0 Å². The number of carbonyl (C=O) groups excluding carboxylic acids is 1. The van der Waals surface area contributed by atoms with Crippen LogP contribution in [0.25, 0.3) is 0 Å². The van der Waals surface area contributed by atoms with E-state index in [-0.39, 0.29) is 11.7 Å². The summed E-state index contributed by atoms with van der Waals surface area (Å²) < 4.78 is 4.88. The lowest BCUT2D eigenvalue weighted by Crippen LogP contribution is -2.54. The van der Waals surface area contributed by atoms with Crippen molar-refractivity contribution in [3.63, 3.8) is 0 Å². The summed E-state index contributed by atoms with van der Waals surface area (Å²) in [5.74, 6) is -0.131. The fraction of sp³-hybridized carbons (Fsp3) is 0.800. The molecule has 1 saturated carbocycles. The number of nitrogens with two attached hydrogens (primary N) is 1. The van der Waals surface area contributed by atoms with Crippen LogP contribution in [-0.4, -0.2) is 37.2 Å². The Kier molecular flexibility index (Phi) is 4.54. The van der Waals surface area contributed by atoms with Crippen LogP contribution in [0.15, 0.2) is 5.16 Å². The first kappa shape index (κ1) is 12.8. The fourth-order valence-corrected chi connectivity index (χ4v) is 1.81. The molecule has 0 heterocycles. The highest BCUT2D eigenvalue weighted by atomic mass is 16.5. The molecular formula is C10H19N3O3. The number of nitrogens with zero attached hydrogens (tertiary/aromatic N) is 1. The summed E-state index contributed by atoms with van der Waals surface area (Å²) >= 11 is 0. The number of hydrogen-bond acceptors (Lipinski definition) is 4. The highest BCUT2D eigenvalue weighted by Gasteiger charge is 2.48. The highest BCUT2D eigenvalue weighted by Crippen LogP contribution is 2.41. The first-order valence-corrected chi connectivity index (χ1v) is 5.42. The maximum Gasteiger partial charge on any atom is 0.233 e. The molecular weight excluding hydrogens is 210 g/mol. The third-order valence-corrected chi connectivity index (χ3v) is 3.05. The number of methoxy groups -OCH3 is 1. The maximum absolute atomic E-state index is 11.9. The van der Waals surface area contributed by atoms with Crippen molar-refractivity contribution >= 4 is 11.7 Å². The van der Waals surface area contributed by atoms with Gasteiger partial charge in [-0.3, -0.25) is 4.79 Å². The average Bonchev–Trinajstić information content (AvgIpc) is 2.22. The Morgan fingerprint density at radius 2 is 2.31 bits per heavy atom. The molecule has 0 aromatic carbocycles. The van der Waals surface area contributed by atoms with E-state index in [4.69, 9.17) is 15.7 Å². The second-order valence-corrected chi connectivity index (χ2v) is 4.02. The van der Waals surface area contributed by atoms with E-state index in [1.807, 2.05) is 0 Å². The van der Waals surface area contributed by atoms with E-state index in [0.29, 0.717) is 26.0 Å². The summed E-state index contributed by atoms with van der Waals surface area (Å²) in [7, 11) is 1.62. The molecule has 6 heteroatoms. The Balaban J connectivity index is 2.44. The molecule has 1 fully saturated rings. The fourth-order valence-electron chi connectivity index (χ4n) is 1.81. The SMILES string of the molecule is COCCCNC(=O)C1(C(N)=NO)CCC1. The molecule has 0 aromatic rings. The monoisotopic (exact) mass is 229 g/mol. The molecule has 1 aliphatic carbocycles. The van der Waals surface area contributed by atoms with E-state index in [0.717, 1.165) is 12.8 Å². The van der Waals surface area contributed by atoms with Gasteiger partial charge in [0, 0.05) is 20.3 Å². The van der Waals surface area contributed by atoms with E-state index in [1.54, 1.807) is 7.11 Å². The third-order valence-electron chi connectivity index (χ3n) is 3.05. The molecule has 0 aliphatic heterocycles. The maximum atomic E-state index is 11.9. The Bertz CT molecular complexity index is 274. The molecule has 1 aliphatic rings. The minimum Gasteiger partial charge on any atom is -0.409 e. The van der Waals surface area contributed by atoms with Crippen molar-refractivity contribution in [3.05, 3.63) is 0 Å². The van der Waals surface area contributed by atoms with Crippen molar-refractivity contribution in [1.82, 2.24) is 5.32 Å². The van der Waals surface area contributed by atoms with Gasteiger partial charge in [0.2, 0.25) is 5.91 Å². The van der Waals surface area contributed by atoms with Crippen LogP contribution in [-0.2, 0) is 9.53 Å². The van der Waals surface area contributed by atoms with Gasteiger partial charge in [0.15, 0.2) is 5.84 Å². The Morgan fingerprint density at radius 3 is 2.75 bits per heavy atom. The van der Waals surface area contributed by atoms with Gasteiger partial charge in [-0.25, -0.2) is 0 Å². The van der Waals surface area contributed by atoms with Gasteiger partial charge in [0.25, 0.3) is 0 Å². The molecule has 92 valence electrons. The van der Waals surface area contributed by atoms with Gasteiger partial charge >= 0.3 is 0 Å². The lowest BCUT2D eigenvalue weighted by molar-refractivity contribution is -0.131. The summed E-state index contributed by atoms with van der Waals surface area (Å²) in [4.78, 5) is 11.9. The molecule has 6 nitrogen and oxygen atoms in total. The number of hydrogen-bond donors (Lipinski definition) is 3. The number of oxime groups is 1. The lowest BCUT2D eigenvalue weighted by atomic mass is 9.67. The highest BCUT2D eigenvalue weighted by molar-refractivity contribution is 6.07. The molecule has 4 N–H and O–H groups in total. The number of amides is 1. The van der Waals surface area contributed by atoms with Crippen LogP contribution in [0.5, 0.6) is 0 Å². The Morgan fingerprint density at radius 1 is 1.62 bits per heavy atom. The zero-order chi connectivity index (χ0) is 12.0. The van der Waals surface area contributed by atoms with Crippen molar-refractivity contribution in [2.45, 2.75) is 25.7 Å². The van der Waals surface area contributed by atoms with Crippen LogP contribution in [0, 0.1) is 5.41 Å². The number of nitrogens with one attached hydrogen (secondary N) is 1. The summed E-state index contributed by atoms with van der Waals surface area (Å²) in [6, 6.07) is 0. The number of amidine groups is 1. The lowest BCUT2D eigenvalue weighted by Gasteiger charge is -2.38. The molecule has 16 heavy (non-hydrogen) atoms. The summed E-state index contributed by atoms with van der Waals surface area (Å²) in [5.41, 5.74) is 4.78. The van der Waals surface area contributed by atoms with Gasteiger partial charge in [-0.2, -0.15) is 0 Å². The molecule has 0 aromatic heterocycles. The topological polar surface area (TPSA) is 96.9 Å². The zero-order valence-electron chi connectivity index (χ0n) is 9.53. The molecule has 1 amide bonds. The Hall–Kier alpha value is -1.30. The molecule has 0 spiro atoms. The third kappa shape index (κ3) is 2.44. The van der Waals surface area contributed by atoms with Gasteiger partial charge in [0.1, 0.15) is 5.41 Å². The van der Waals surface area contributed by atoms with E-state index in [2.05, 4.69) is 10.5 Å². The smallest absolute Gasteiger partial charge is 0.233 e. The van der Waals surface area contributed by atoms with Crippen molar-refractivity contribution in [3.8, 4) is 0 Å². The first-order chi connectivity index (χ1) is 7.67. The van der Waals surface area contributed by atoms with Gasteiger partial charge in [-0.05, 0) is 19.3 Å². The van der Waals surface area contributed by atoms with E-state index in [1.165, 1.54) is 0 Å². The summed E-state index contributed by atoms with van der Waals surface area (Å²) in [6.45, 7) is 1.16. The van der Waals surface area contributed by atoms with Gasteiger partial charge in [0.05, 0.1) is 0 Å². The van der Waals surface area contributed by atoms with Crippen molar-refractivity contribution in [1.29, 1.82) is 0 Å². The van der Waals surface area contributed by atoms with Crippen LogP contribution >= 0.6 is 0 Å². The minimum absolute atomic E-state index is 0.0167. The second kappa shape index (κ2) is 5.69. The molecule has 0 atom stereocenters. The van der Waals surface area contributed by atoms with Crippen LogP contribution in [0.1, 0.15) is 25.7 Å². The molecule has 0 saturated heterocycles. The van der Waals surface area contributed by atoms with E-state index < -0.39 is 5.41 Å². The Labute approximate surface area is 94.8 Å². The van der Waals surface area contributed by atoms with Crippen LogP contribution in [0.4, 0.5) is 0 Å². The van der Waals surface area contributed by atoms with Crippen molar-refractivity contribution in [2.75, 3.05) is 20.3 Å². The second-order valence-electron chi connectivity index (χ2n) is 4.02. The van der Waals surface area contributed by atoms with Crippen molar-refractivity contribution in [2.24, 2.45) is 16.3 Å². The summed E-state index contributed by atoms with van der Waals surface area (Å²) in [5, 5.41) is 14.4. The van der Waals surface area contributed by atoms with E-state index in [9.17, 15) is 4.79 Å². The van der Waals surface area contributed by atoms with Crippen LogP contribution in [0.2, 0.25) is 0 Å². The first-order valence-electron chi connectivity index (χ1n) is 5.42. The minimum atomic E-state index is -0.776. The standard InChI is InChI=1S/C10H19N3O3/c1-16-7-3-6-12-9(14)10(4-2-5-10)8(11)13-15/h15H,2-7H2,1H3,(H2,11,13)(H,12,14). The predicted octanol–water partition coefficient (Wildman–Crippen LogP) is 0.0558. The largest absolute Gasteiger partial charge is 0.409 e. The van der Waals surface area contributed by atoms with Crippen LogP contribution < -0.4 is 11.1 Å². The van der Waals surface area contributed by atoms with Crippen molar-refractivity contribution < 1.29 is 14.7 Å². The van der Waals surface area contributed by atoms with Gasteiger partial charge in [-0.15, -0.1) is 0 Å². The zero-order valence-corrected chi connectivity index (χ0v) is 9.53. The average molecular weight is 229 g/mol. The number of ether oxygens (including phenoxy) is 1. The summed E-state index contributed by atoms with van der Waals surface area (Å²) in [6.07, 6.45) is 2.99. The number of rotatable bonds is 6.